The molecule has 0 saturated carbocycles. The van der Waals surface area contributed by atoms with Gasteiger partial charge in [-0.15, -0.1) is 11.3 Å². The van der Waals surface area contributed by atoms with Crippen LogP contribution in [0, 0.1) is 0 Å². The number of hydrogen-bond donors (Lipinski definition) is 2. The van der Waals surface area contributed by atoms with Gasteiger partial charge in [-0.3, -0.25) is 11.3 Å². The Bertz CT molecular complexity index is 288. The zero-order chi connectivity index (χ0) is 11.3. The normalized spacial score (nSPS) is 13.4. The highest BCUT2D eigenvalue weighted by Gasteiger charge is 2.09. The van der Waals surface area contributed by atoms with Crippen LogP contribution < -0.4 is 11.3 Å². The molecule has 0 fully saturated rings. The molecule has 1 rings (SSSR count). The lowest BCUT2D eigenvalue weighted by Gasteiger charge is -2.17. The Labute approximate surface area is 104 Å². The largest absolute Gasteiger partial charge is 0.309 e. The van der Waals surface area contributed by atoms with Gasteiger partial charge in [0, 0.05) is 10.9 Å². The highest BCUT2D eigenvalue weighted by Crippen LogP contribution is 2.23. The van der Waals surface area contributed by atoms with Crippen molar-refractivity contribution in [3.05, 3.63) is 20.8 Å². The molecule has 0 spiro atoms. The van der Waals surface area contributed by atoms with Crippen molar-refractivity contribution >= 4 is 27.3 Å². The SMILES string of the molecule is CN(C)CCC(Cc1ccc(Br)s1)NN. The van der Waals surface area contributed by atoms with E-state index in [1.807, 2.05) is 0 Å². The fraction of sp³-hybridized carbons (Fsp3) is 0.600. The van der Waals surface area contributed by atoms with E-state index in [0.29, 0.717) is 6.04 Å². The number of nitrogens with zero attached hydrogens (tertiary/aromatic N) is 1. The third-order valence-electron chi connectivity index (χ3n) is 2.24. The van der Waals surface area contributed by atoms with Crippen LogP contribution >= 0.6 is 27.3 Å². The van der Waals surface area contributed by atoms with Crippen molar-refractivity contribution in [2.24, 2.45) is 5.84 Å². The van der Waals surface area contributed by atoms with E-state index in [4.69, 9.17) is 5.84 Å². The summed E-state index contributed by atoms with van der Waals surface area (Å²) >= 11 is 5.24. The molecular weight excluding hydrogens is 274 g/mol. The van der Waals surface area contributed by atoms with Crippen LogP contribution in [0.2, 0.25) is 0 Å². The van der Waals surface area contributed by atoms with Crippen LogP contribution in [-0.4, -0.2) is 31.6 Å². The quantitative estimate of drug-likeness (QED) is 0.621. The maximum Gasteiger partial charge on any atom is 0.0701 e. The van der Waals surface area contributed by atoms with E-state index in [-0.39, 0.29) is 0 Å². The molecule has 1 aromatic heterocycles. The minimum absolute atomic E-state index is 0.359. The first kappa shape index (κ1) is 13.1. The van der Waals surface area contributed by atoms with Crippen molar-refractivity contribution in [3.63, 3.8) is 0 Å². The predicted octanol–water partition coefficient (Wildman–Crippen LogP) is 1.84. The molecule has 0 aliphatic carbocycles. The fourth-order valence-electron chi connectivity index (χ4n) is 1.36. The Morgan fingerprint density at radius 2 is 2.27 bits per heavy atom. The van der Waals surface area contributed by atoms with Crippen molar-refractivity contribution in [3.8, 4) is 0 Å². The second-order valence-electron chi connectivity index (χ2n) is 3.87. The summed E-state index contributed by atoms with van der Waals surface area (Å²) < 4.78 is 1.18. The highest BCUT2D eigenvalue weighted by molar-refractivity contribution is 9.11. The lowest BCUT2D eigenvalue weighted by molar-refractivity contribution is 0.359. The molecule has 3 N–H and O–H groups in total. The van der Waals surface area contributed by atoms with Crippen LogP contribution in [0.15, 0.2) is 15.9 Å². The minimum atomic E-state index is 0.359. The number of nitrogens with one attached hydrogen (secondary N) is 1. The Balaban J connectivity index is 2.39. The number of nitrogens with two attached hydrogens (primary N) is 1. The molecule has 0 radical (unpaired) electrons. The van der Waals surface area contributed by atoms with E-state index in [2.05, 4.69) is 52.5 Å². The molecule has 5 heteroatoms. The summed E-state index contributed by atoms with van der Waals surface area (Å²) in [6.45, 7) is 1.06. The van der Waals surface area contributed by atoms with Gasteiger partial charge < -0.3 is 4.90 Å². The predicted molar refractivity (Wildman–Crippen MR) is 70.0 cm³/mol. The van der Waals surface area contributed by atoms with Gasteiger partial charge in [0.15, 0.2) is 0 Å². The second kappa shape index (κ2) is 6.60. The molecule has 0 aliphatic rings. The van der Waals surface area contributed by atoms with E-state index >= 15 is 0 Å². The van der Waals surface area contributed by atoms with Gasteiger partial charge in [-0.2, -0.15) is 0 Å². The van der Waals surface area contributed by atoms with Gasteiger partial charge in [0.1, 0.15) is 0 Å². The van der Waals surface area contributed by atoms with E-state index < -0.39 is 0 Å². The molecular formula is C10H18BrN3S. The van der Waals surface area contributed by atoms with Crippen LogP contribution in [-0.2, 0) is 6.42 Å². The van der Waals surface area contributed by atoms with Crippen molar-refractivity contribution in [2.45, 2.75) is 18.9 Å². The summed E-state index contributed by atoms with van der Waals surface area (Å²) in [5.41, 5.74) is 2.88. The summed E-state index contributed by atoms with van der Waals surface area (Å²) in [7, 11) is 4.16. The molecule has 0 aliphatic heterocycles. The molecule has 0 saturated heterocycles. The molecule has 0 aromatic carbocycles. The van der Waals surface area contributed by atoms with Gasteiger partial charge in [-0.25, -0.2) is 0 Å². The van der Waals surface area contributed by atoms with Crippen LogP contribution in [0.1, 0.15) is 11.3 Å². The van der Waals surface area contributed by atoms with Gasteiger partial charge in [-0.05, 0) is 61.5 Å². The Morgan fingerprint density at radius 3 is 2.73 bits per heavy atom. The van der Waals surface area contributed by atoms with Gasteiger partial charge in [-0.1, -0.05) is 0 Å². The third-order valence-corrected chi connectivity index (χ3v) is 3.88. The lowest BCUT2D eigenvalue weighted by Crippen LogP contribution is -2.38. The van der Waals surface area contributed by atoms with Gasteiger partial charge >= 0.3 is 0 Å². The summed E-state index contributed by atoms with van der Waals surface area (Å²) in [6.07, 6.45) is 2.07. The number of hydrogen-bond acceptors (Lipinski definition) is 4. The average Bonchev–Trinajstić information content (AvgIpc) is 2.58. The van der Waals surface area contributed by atoms with Gasteiger partial charge in [0.2, 0.25) is 0 Å². The van der Waals surface area contributed by atoms with Crippen molar-refractivity contribution in [2.75, 3.05) is 20.6 Å². The summed E-state index contributed by atoms with van der Waals surface area (Å²) in [5, 5.41) is 0. The monoisotopic (exact) mass is 291 g/mol. The molecule has 1 heterocycles. The first-order chi connectivity index (χ1) is 7.11. The molecule has 1 atom stereocenters. The number of hydrazine groups is 1. The lowest BCUT2D eigenvalue weighted by atomic mass is 10.1. The highest BCUT2D eigenvalue weighted by atomic mass is 79.9. The average molecular weight is 292 g/mol. The fourth-order valence-corrected chi connectivity index (χ4v) is 2.93. The molecule has 0 bridgehead atoms. The molecule has 15 heavy (non-hydrogen) atoms. The van der Waals surface area contributed by atoms with Crippen LogP contribution in [0.5, 0.6) is 0 Å². The summed E-state index contributed by atoms with van der Waals surface area (Å²) in [5.74, 6) is 5.54. The number of halogens is 1. The maximum atomic E-state index is 5.54. The van der Waals surface area contributed by atoms with Crippen LogP contribution in [0.25, 0.3) is 0 Å². The smallest absolute Gasteiger partial charge is 0.0701 e. The van der Waals surface area contributed by atoms with Crippen molar-refractivity contribution in [1.82, 2.24) is 10.3 Å². The van der Waals surface area contributed by atoms with E-state index in [1.165, 1.54) is 8.66 Å². The molecule has 0 amide bonds. The Hall–Kier alpha value is 0.0600. The van der Waals surface area contributed by atoms with Crippen LogP contribution in [0.3, 0.4) is 0 Å². The topological polar surface area (TPSA) is 41.3 Å². The van der Waals surface area contributed by atoms with Crippen LogP contribution in [0.4, 0.5) is 0 Å². The van der Waals surface area contributed by atoms with Gasteiger partial charge in [0.25, 0.3) is 0 Å². The number of rotatable bonds is 6. The number of thiophene rings is 1. The van der Waals surface area contributed by atoms with E-state index in [1.54, 1.807) is 11.3 Å². The van der Waals surface area contributed by atoms with Crippen molar-refractivity contribution in [1.29, 1.82) is 0 Å². The van der Waals surface area contributed by atoms with E-state index in [0.717, 1.165) is 19.4 Å². The van der Waals surface area contributed by atoms with Crippen molar-refractivity contribution < 1.29 is 0 Å². The van der Waals surface area contributed by atoms with Gasteiger partial charge in [0.05, 0.1) is 3.79 Å². The first-order valence-electron chi connectivity index (χ1n) is 4.97. The molecule has 3 nitrogen and oxygen atoms in total. The second-order valence-corrected chi connectivity index (χ2v) is 6.41. The standard InChI is InChI=1S/C10H18BrN3S/c1-14(2)6-5-8(13-12)7-9-3-4-10(11)15-9/h3-4,8,13H,5-7,12H2,1-2H3. The summed E-state index contributed by atoms with van der Waals surface area (Å²) in [6, 6.07) is 4.59. The minimum Gasteiger partial charge on any atom is -0.309 e. The molecule has 1 unspecified atom stereocenters. The maximum absolute atomic E-state index is 5.54. The third kappa shape index (κ3) is 5.08. The molecule has 86 valence electrons. The summed E-state index contributed by atoms with van der Waals surface area (Å²) in [4.78, 5) is 3.54. The van der Waals surface area contributed by atoms with E-state index in [9.17, 15) is 0 Å². The molecule has 1 aromatic rings. The zero-order valence-corrected chi connectivity index (χ0v) is 11.6. The zero-order valence-electron chi connectivity index (χ0n) is 9.16. The first-order valence-corrected chi connectivity index (χ1v) is 6.58. The Morgan fingerprint density at radius 1 is 1.53 bits per heavy atom. The Kier molecular flexibility index (Phi) is 5.78.